The molecule has 0 radical (unpaired) electrons. The fraction of sp³-hybridized carbons (Fsp3) is 0.409. The second-order valence-corrected chi connectivity index (χ2v) is 10.0. The first-order valence-electron chi connectivity index (χ1n) is 10.5. The highest BCUT2D eigenvalue weighted by atomic mass is 35.5. The largest absolute Gasteiger partial charge is 0.379 e. The van der Waals surface area contributed by atoms with Crippen molar-refractivity contribution >= 4 is 38.9 Å². The summed E-state index contributed by atoms with van der Waals surface area (Å²) in [5.41, 5.74) is 2.07. The molecule has 0 atom stereocenters. The maximum Gasteiger partial charge on any atom is 0.243 e. The van der Waals surface area contributed by atoms with Crippen molar-refractivity contribution in [3.05, 3.63) is 53.1 Å². The quantitative estimate of drug-likeness (QED) is 0.684. The van der Waals surface area contributed by atoms with Crippen molar-refractivity contribution in [3.63, 3.8) is 0 Å². The minimum atomic E-state index is -3.69. The number of rotatable bonds is 6. The Morgan fingerprint density at radius 1 is 0.938 bits per heavy atom. The van der Waals surface area contributed by atoms with Crippen LogP contribution in [0.2, 0.25) is 5.02 Å². The summed E-state index contributed by atoms with van der Waals surface area (Å²) in [5.74, 6) is -0.234. The van der Waals surface area contributed by atoms with E-state index >= 15 is 0 Å². The number of benzene rings is 2. The van der Waals surface area contributed by atoms with Crippen LogP contribution in [0.1, 0.15) is 5.56 Å². The minimum absolute atomic E-state index is 0.151. The Hall–Kier alpha value is -2.17. The van der Waals surface area contributed by atoms with E-state index < -0.39 is 10.0 Å². The van der Waals surface area contributed by atoms with Crippen molar-refractivity contribution < 1.29 is 22.7 Å². The number of carbonyl (C=O) groups is 1. The number of anilines is 2. The lowest BCUT2D eigenvalue weighted by Crippen LogP contribution is -2.40. The minimum Gasteiger partial charge on any atom is -0.379 e. The Kier molecular flexibility index (Phi) is 7.32. The normalized spacial score (nSPS) is 17.8. The van der Waals surface area contributed by atoms with E-state index in [2.05, 4.69) is 10.2 Å². The number of hydrogen-bond donors (Lipinski definition) is 1. The Morgan fingerprint density at radius 2 is 1.56 bits per heavy atom. The van der Waals surface area contributed by atoms with E-state index in [1.54, 1.807) is 42.5 Å². The molecule has 172 valence electrons. The summed E-state index contributed by atoms with van der Waals surface area (Å²) in [7, 11) is -3.69. The molecule has 0 aromatic heterocycles. The third-order valence-corrected chi connectivity index (χ3v) is 7.63. The van der Waals surface area contributed by atoms with Crippen LogP contribution in [0, 0.1) is 0 Å². The first kappa shape index (κ1) is 23.0. The van der Waals surface area contributed by atoms with Crippen LogP contribution in [-0.2, 0) is 30.7 Å². The summed E-state index contributed by atoms with van der Waals surface area (Å²) in [6, 6.07) is 12.0. The van der Waals surface area contributed by atoms with Gasteiger partial charge in [0.1, 0.15) is 0 Å². The van der Waals surface area contributed by atoms with Gasteiger partial charge in [0.05, 0.1) is 49.1 Å². The fourth-order valence-corrected chi connectivity index (χ4v) is 5.33. The van der Waals surface area contributed by atoms with Gasteiger partial charge in [-0.3, -0.25) is 4.79 Å². The summed E-state index contributed by atoms with van der Waals surface area (Å²) in [6.45, 7) is 3.84. The number of amides is 1. The van der Waals surface area contributed by atoms with E-state index in [0.717, 1.165) is 11.3 Å². The lowest BCUT2D eigenvalue weighted by atomic mass is 10.1. The molecule has 4 rings (SSSR count). The Labute approximate surface area is 193 Å². The van der Waals surface area contributed by atoms with Crippen LogP contribution < -0.4 is 10.2 Å². The van der Waals surface area contributed by atoms with E-state index in [4.69, 9.17) is 21.1 Å². The van der Waals surface area contributed by atoms with Crippen molar-refractivity contribution in [2.75, 3.05) is 62.8 Å². The molecule has 2 saturated heterocycles. The topological polar surface area (TPSA) is 88.2 Å². The Morgan fingerprint density at radius 3 is 2.22 bits per heavy atom. The molecule has 2 fully saturated rings. The first-order chi connectivity index (χ1) is 15.4. The van der Waals surface area contributed by atoms with Gasteiger partial charge in [-0.2, -0.15) is 4.31 Å². The lowest BCUT2D eigenvalue weighted by molar-refractivity contribution is -0.115. The molecule has 2 aliphatic rings. The smallest absolute Gasteiger partial charge is 0.243 e. The van der Waals surface area contributed by atoms with Gasteiger partial charge in [0.15, 0.2) is 0 Å². The van der Waals surface area contributed by atoms with Gasteiger partial charge in [-0.05, 0) is 35.9 Å². The van der Waals surface area contributed by atoms with Gasteiger partial charge in [0, 0.05) is 31.2 Å². The predicted molar refractivity (Wildman–Crippen MR) is 123 cm³/mol. The molecule has 2 aromatic rings. The zero-order valence-electron chi connectivity index (χ0n) is 17.6. The monoisotopic (exact) mass is 479 g/mol. The highest BCUT2D eigenvalue weighted by molar-refractivity contribution is 7.89. The van der Waals surface area contributed by atoms with Gasteiger partial charge in [0.2, 0.25) is 15.9 Å². The number of nitrogens with one attached hydrogen (secondary N) is 1. The van der Waals surface area contributed by atoms with Gasteiger partial charge >= 0.3 is 0 Å². The van der Waals surface area contributed by atoms with Crippen LogP contribution in [0.15, 0.2) is 47.4 Å². The zero-order valence-corrected chi connectivity index (χ0v) is 19.2. The van der Waals surface area contributed by atoms with Gasteiger partial charge in [-0.1, -0.05) is 23.7 Å². The molecule has 1 amide bonds. The standard InChI is InChI=1S/C22H26ClN3O5S/c23-18-3-1-17(2-4-18)15-22(27)24-20-16-19(32(28,29)26-9-13-31-14-10-26)5-6-21(20)25-7-11-30-12-8-25/h1-6,16H,7-15H2,(H,24,27). The van der Waals surface area contributed by atoms with Gasteiger partial charge < -0.3 is 19.7 Å². The number of halogens is 1. The number of sulfonamides is 1. The molecule has 2 aromatic carbocycles. The molecule has 2 aliphatic heterocycles. The molecule has 32 heavy (non-hydrogen) atoms. The van der Waals surface area contributed by atoms with Crippen LogP contribution in [-0.4, -0.2) is 71.2 Å². The molecule has 0 aliphatic carbocycles. The molecule has 0 spiro atoms. The summed E-state index contributed by atoms with van der Waals surface area (Å²) >= 11 is 5.92. The van der Waals surface area contributed by atoms with E-state index in [0.29, 0.717) is 63.3 Å². The van der Waals surface area contributed by atoms with Crippen LogP contribution in [0.3, 0.4) is 0 Å². The molecular weight excluding hydrogens is 454 g/mol. The Balaban J connectivity index is 1.61. The molecule has 0 unspecified atom stereocenters. The summed E-state index contributed by atoms with van der Waals surface area (Å²) < 4.78 is 38.4. The second kappa shape index (κ2) is 10.2. The molecule has 1 N–H and O–H groups in total. The van der Waals surface area contributed by atoms with Crippen LogP contribution in [0.4, 0.5) is 11.4 Å². The third-order valence-electron chi connectivity index (χ3n) is 5.48. The van der Waals surface area contributed by atoms with Gasteiger partial charge in [-0.15, -0.1) is 0 Å². The zero-order chi connectivity index (χ0) is 22.6. The number of ether oxygens (including phenoxy) is 2. The van der Waals surface area contributed by atoms with Crippen molar-refractivity contribution in [1.29, 1.82) is 0 Å². The summed E-state index contributed by atoms with van der Waals surface area (Å²) in [4.78, 5) is 15.0. The van der Waals surface area contributed by atoms with Crippen molar-refractivity contribution in [1.82, 2.24) is 4.31 Å². The summed E-state index contributed by atoms with van der Waals surface area (Å²) in [6.07, 6.45) is 0.153. The maximum absolute atomic E-state index is 13.1. The van der Waals surface area contributed by atoms with Crippen LogP contribution >= 0.6 is 11.6 Å². The first-order valence-corrected chi connectivity index (χ1v) is 12.3. The summed E-state index contributed by atoms with van der Waals surface area (Å²) in [5, 5.41) is 3.53. The van der Waals surface area contributed by atoms with Crippen molar-refractivity contribution in [2.45, 2.75) is 11.3 Å². The number of morpholine rings is 2. The molecular formula is C22H26ClN3O5S. The predicted octanol–water partition coefficient (Wildman–Crippen LogP) is 2.38. The number of carbonyl (C=O) groups excluding carboxylic acids is 1. The van der Waals surface area contributed by atoms with Gasteiger partial charge in [0.25, 0.3) is 0 Å². The molecule has 0 bridgehead atoms. The third kappa shape index (κ3) is 5.41. The van der Waals surface area contributed by atoms with E-state index in [1.807, 2.05) is 0 Å². The molecule has 8 nitrogen and oxygen atoms in total. The lowest BCUT2D eigenvalue weighted by Gasteiger charge is -2.31. The highest BCUT2D eigenvalue weighted by Gasteiger charge is 2.28. The van der Waals surface area contributed by atoms with Crippen molar-refractivity contribution in [2.24, 2.45) is 0 Å². The van der Waals surface area contributed by atoms with E-state index in [-0.39, 0.29) is 17.2 Å². The van der Waals surface area contributed by atoms with E-state index in [9.17, 15) is 13.2 Å². The number of hydrogen-bond acceptors (Lipinski definition) is 6. The van der Waals surface area contributed by atoms with Crippen LogP contribution in [0.5, 0.6) is 0 Å². The average Bonchev–Trinajstić information content (AvgIpc) is 2.81. The molecule has 10 heteroatoms. The van der Waals surface area contributed by atoms with Gasteiger partial charge in [-0.25, -0.2) is 8.42 Å². The Bertz CT molecular complexity index is 1050. The van der Waals surface area contributed by atoms with E-state index in [1.165, 1.54) is 4.31 Å². The maximum atomic E-state index is 13.1. The van der Waals surface area contributed by atoms with Crippen LogP contribution in [0.25, 0.3) is 0 Å². The fourth-order valence-electron chi connectivity index (χ4n) is 3.77. The average molecular weight is 480 g/mol. The number of nitrogens with zero attached hydrogens (tertiary/aromatic N) is 2. The van der Waals surface area contributed by atoms with Crippen molar-refractivity contribution in [3.8, 4) is 0 Å². The second-order valence-electron chi connectivity index (χ2n) is 7.65. The SMILES string of the molecule is O=C(Cc1ccc(Cl)cc1)Nc1cc(S(=O)(=O)N2CCOCC2)ccc1N1CCOCC1. The molecule has 2 heterocycles. The molecule has 0 saturated carbocycles. The highest BCUT2D eigenvalue weighted by Crippen LogP contribution is 2.31.